The van der Waals surface area contributed by atoms with Gasteiger partial charge in [-0.05, 0) is 37.2 Å². The molecule has 0 bridgehead atoms. The average Bonchev–Trinajstić information content (AvgIpc) is 2.89. The van der Waals surface area contributed by atoms with Gasteiger partial charge in [-0.15, -0.1) is 0 Å². The molecule has 0 unspecified atom stereocenters. The minimum absolute atomic E-state index is 0.0571. The van der Waals surface area contributed by atoms with Gasteiger partial charge >= 0.3 is 5.97 Å². The molecule has 0 radical (unpaired) electrons. The molecule has 0 aromatic heterocycles. The van der Waals surface area contributed by atoms with E-state index in [-0.39, 0.29) is 24.7 Å². The molecular weight excluding hydrogens is 560 g/mol. The minimum Gasteiger partial charge on any atom is -0.480 e. The monoisotopic (exact) mass is 606 g/mol. The molecule has 0 saturated carbocycles. The Morgan fingerprint density at radius 2 is 1.23 bits per heavy atom. The Labute approximate surface area is 251 Å². The zero-order valence-corrected chi connectivity index (χ0v) is 25.3. The molecule has 14 nitrogen and oxygen atoms in total. The molecule has 43 heavy (non-hydrogen) atoms. The van der Waals surface area contributed by atoms with Crippen LogP contribution in [-0.4, -0.2) is 82.0 Å². The maximum Gasteiger partial charge on any atom is 0.326 e. The van der Waals surface area contributed by atoms with Crippen molar-refractivity contribution in [1.82, 2.24) is 21.3 Å². The van der Waals surface area contributed by atoms with Crippen molar-refractivity contribution in [2.45, 2.75) is 96.6 Å². The molecule has 0 aliphatic carbocycles. The van der Waals surface area contributed by atoms with Crippen molar-refractivity contribution in [3.05, 3.63) is 35.9 Å². The number of carbonyl (C=O) groups is 6. The first-order valence-electron chi connectivity index (χ1n) is 14.2. The second-order valence-electron chi connectivity index (χ2n) is 11.5. The lowest BCUT2D eigenvalue weighted by atomic mass is 10.0. The molecule has 240 valence electrons. The number of amides is 5. The van der Waals surface area contributed by atoms with E-state index in [9.17, 15) is 39.0 Å². The van der Waals surface area contributed by atoms with Crippen molar-refractivity contribution < 1.29 is 39.0 Å². The standard InChI is InChI=1S/C29H46N6O8/c1-15(2)11-19(30)25(38)35-24(17(5)36)28(41)33-20(12-16(3)4)26(39)32-21(14-23(31)37)27(40)34-22(29(42)43)13-18-9-7-6-8-10-18/h6-10,15-17,19-22,24,36H,11-14,30H2,1-5H3,(H2,31,37)(H,32,39)(H,33,41)(H,34,40)(H,35,38)(H,42,43)/t17-,19+,20+,21+,22+,24+/m1/s1. The number of aliphatic carboxylic acids is 1. The predicted octanol–water partition coefficient (Wildman–Crippen LogP) is -1.07. The van der Waals surface area contributed by atoms with E-state index in [1.807, 2.05) is 13.8 Å². The topological polar surface area (TPSA) is 243 Å². The van der Waals surface area contributed by atoms with Crippen LogP contribution in [0.4, 0.5) is 0 Å². The summed E-state index contributed by atoms with van der Waals surface area (Å²) in [7, 11) is 0. The number of nitrogens with two attached hydrogens (primary N) is 2. The Morgan fingerprint density at radius 3 is 1.72 bits per heavy atom. The van der Waals surface area contributed by atoms with E-state index in [1.165, 1.54) is 6.92 Å². The molecule has 6 atom stereocenters. The van der Waals surface area contributed by atoms with Gasteiger partial charge in [0.1, 0.15) is 24.2 Å². The lowest BCUT2D eigenvalue weighted by Crippen LogP contribution is -2.61. The SMILES string of the molecule is CC(C)C[C@H](NC(=O)[C@@H](NC(=O)[C@@H](N)CC(C)C)[C@@H](C)O)C(=O)N[C@@H](CC(N)=O)C(=O)N[C@@H](Cc1ccccc1)C(=O)O. The molecule has 0 saturated heterocycles. The van der Waals surface area contributed by atoms with Crippen LogP contribution in [0.2, 0.25) is 0 Å². The maximum atomic E-state index is 13.3. The number of rotatable bonds is 18. The van der Waals surface area contributed by atoms with Crippen LogP contribution >= 0.6 is 0 Å². The second kappa shape index (κ2) is 17.8. The van der Waals surface area contributed by atoms with Crippen LogP contribution in [0, 0.1) is 11.8 Å². The van der Waals surface area contributed by atoms with Crippen LogP contribution in [-0.2, 0) is 35.2 Å². The van der Waals surface area contributed by atoms with Crippen LogP contribution in [0.3, 0.4) is 0 Å². The molecule has 1 aromatic carbocycles. The third-order valence-electron chi connectivity index (χ3n) is 6.40. The van der Waals surface area contributed by atoms with Crippen LogP contribution < -0.4 is 32.7 Å². The highest BCUT2D eigenvalue weighted by molar-refractivity contribution is 5.97. The number of carboxylic acids is 1. The summed E-state index contributed by atoms with van der Waals surface area (Å²) in [5.41, 5.74) is 11.8. The highest BCUT2D eigenvalue weighted by atomic mass is 16.4. The van der Waals surface area contributed by atoms with Crippen LogP contribution in [0.25, 0.3) is 0 Å². The quantitative estimate of drug-likeness (QED) is 0.101. The van der Waals surface area contributed by atoms with Gasteiger partial charge in [0.2, 0.25) is 29.5 Å². The van der Waals surface area contributed by atoms with Crippen LogP contribution in [0.5, 0.6) is 0 Å². The van der Waals surface area contributed by atoms with Gasteiger partial charge < -0.3 is 42.9 Å². The molecule has 0 aliphatic rings. The molecule has 0 heterocycles. The molecule has 0 aliphatic heterocycles. The van der Waals surface area contributed by atoms with Crippen LogP contribution in [0.15, 0.2) is 30.3 Å². The maximum absolute atomic E-state index is 13.3. The fraction of sp³-hybridized carbons (Fsp3) is 0.586. The van der Waals surface area contributed by atoms with Crippen molar-refractivity contribution in [1.29, 1.82) is 0 Å². The summed E-state index contributed by atoms with van der Waals surface area (Å²) in [6.45, 7) is 8.59. The van der Waals surface area contributed by atoms with Gasteiger partial charge in [-0.3, -0.25) is 24.0 Å². The summed E-state index contributed by atoms with van der Waals surface area (Å²) in [6.07, 6.45) is -1.61. The summed E-state index contributed by atoms with van der Waals surface area (Å²) in [5, 5.41) is 29.5. The molecule has 10 N–H and O–H groups in total. The first-order chi connectivity index (χ1) is 20.0. The molecule has 0 spiro atoms. The normalized spacial score (nSPS) is 15.4. The van der Waals surface area contributed by atoms with Crippen molar-refractivity contribution in [3.63, 3.8) is 0 Å². The molecular formula is C29H46N6O8. The lowest BCUT2D eigenvalue weighted by molar-refractivity contribution is -0.142. The van der Waals surface area contributed by atoms with E-state index >= 15 is 0 Å². The molecule has 14 heteroatoms. The van der Waals surface area contributed by atoms with Gasteiger partial charge in [-0.2, -0.15) is 0 Å². The number of benzene rings is 1. The molecule has 0 fully saturated rings. The summed E-state index contributed by atoms with van der Waals surface area (Å²) in [6, 6.07) is 2.02. The smallest absolute Gasteiger partial charge is 0.326 e. The van der Waals surface area contributed by atoms with E-state index in [1.54, 1.807) is 44.2 Å². The van der Waals surface area contributed by atoms with Gasteiger partial charge in [0.15, 0.2) is 0 Å². The van der Waals surface area contributed by atoms with Crippen molar-refractivity contribution in [2.24, 2.45) is 23.3 Å². The van der Waals surface area contributed by atoms with Gasteiger partial charge in [-0.1, -0.05) is 58.0 Å². The number of primary amides is 1. The summed E-state index contributed by atoms with van der Waals surface area (Å²) in [4.78, 5) is 75.6. The minimum atomic E-state index is -1.55. The largest absolute Gasteiger partial charge is 0.480 e. The number of hydrogen-bond acceptors (Lipinski definition) is 8. The van der Waals surface area contributed by atoms with Crippen molar-refractivity contribution in [3.8, 4) is 0 Å². The van der Waals surface area contributed by atoms with E-state index < -0.39 is 78.2 Å². The summed E-state index contributed by atoms with van der Waals surface area (Å²) < 4.78 is 0. The molecule has 5 amide bonds. The Balaban J connectivity index is 3.11. The third-order valence-corrected chi connectivity index (χ3v) is 6.40. The average molecular weight is 607 g/mol. The molecule has 1 aromatic rings. The first kappa shape index (κ1) is 37.0. The number of nitrogens with one attached hydrogen (secondary N) is 4. The number of carbonyl (C=O) groups excluding carboxylic acids is 5. The fourth-order valence-electron chi connectivity index (χ4n) is 4.25. The predicted molar refractivity (Wildman–Crippen MR) is 158 cm³/mol. The summed E-state index contributed by atoms with van der Waals surface area (Å²) >= 11 is 0. The summed E-state index contributed by atoms with van der Waals surface area (Å²) in [5.74, 6) is -5.63. The van der Waals surface area contributed by atoms with Gasteiger partial charge in [0.25, 0.3) is 0 Å². The van der Waals surface area contributed by atoms with E-state index in [4.69, 9.17) is 11.5 Å². The van der Waals surface area contributed by atoms with E-state index in [2.05, 4.69) is 21.3 Å². The lowest BCUT2D eigenvalue weighted by Gasteiger charge is -2.28. The van der Waals surface area contributed by atoms with E-state index in [0.717, 1.165) is 0 Å². The van der Waals surface area contributed by atoms with Gasteiger partial charge in [0, 0.05) is 6.42 Å². The number of aliphatic hydroxyl groups excluding tert-OH is 1. The zero-order chi connectivity index (χ0) is 32.9. The Kier molecular flexibility index (Phi) is 15.3. The highest BCUT2D eigenvalue weighted by Crippen LogP contribution is 2.09. The number of hydrogen-bond donors (Lipinski definition) is 8. The fourth-order valence-corrected chi connectivity index (χ4v) is 4.25. The number of carboxylic acid groups (broad SMARTS) is 1. The van der Waals surface area contributed by atoms with Gasteiger partial charge in [-0.25, -0.2) is 4.79 Å². The number of aliphatic hydroxyl groups is 1. The highest BCUT2D eigenvalue weighted by Gasteiger charge is 2.34. The van der Waals surface area contributed by atoms with Crippen molar-refractivity contribution >= 4 is 35.5 Å². The third kappa shape index (κ3) is 13.7. The van der Waals surface area contributed by atoms with Gasteiger partial charge in [0.05, 0.1) is 18.6 Å². The first-order valence-corrected chi connectivity index (χ1v) is 14.2. The van der Waals surface area contributed by atoms with Crippen molar-refractivity contribution in [2.75, 3.05) is 0 Å². The Morgan fingerprint density at radius 1 is 0.721 bits per heavy atom. The molecule has 1 rings (SSSR count). The Bertz CT molecular complexity index is 1110. The van der Waals surface area contributed by atoms with Crippen LogP contribution in [0.1, 0.15) is 59.4 Å². The second-order valence-corrected chi connectivity index (χ2v) is 11.5. The zero-order valence-electron chi connectivity index (χ0n) is 25.3. The Hall–Kier alpha value is -4.04. The van der Waals surface area contributed by atoms with E-state index in [0.29, 0.717) is 12.0 Å².